The Morgan fingerprint density at radius 3 is 2.55 bits per heavy atom. The molecule has 6 nitrogen and oxygen atoms in total. The topological polar surface area (TPSA) is 88.6 Å². The molecule has 1 aliphatic rings. The summed E-state index contributed by atoms with van der Waals surface area (Å²) in [6, 6.07) is 6.72. The van der Waals surface area contributed by atoms with Crippen LogP contribution < -0.4 is 16.0 Å². The number of carbonyl (C=O) groups is 2. The van der Waals surface area contributed by atoms with Gasteiger partial charge in [-0.2, -0.15) is 0 Å². The van der Waals surface area contributed by atoms with E-state index in [1.807, 2.05) is 6.07 Å². The summed E-state index contributed by atoms with van der Waals surface area (Å²) in [4.78, 5) is 25.8. The van der Waals surface area contributed by atoms with E-state index in [0.717, 1.165) is 31.6 Å². The minimum Gasteiger partial charge on any atom is -0.472 e. The van der Waals surface area contributed by atoms with Crippen LogP contribution in [0.5, 0.6) is 0 Å². The molecule has 2 aromatic rings. The Labute approximate surface area is 127 Å². The van der Waals surface area contributed by atoms with Gasteiger partial charge < -0.3 is 20.4 Å². The third-order valence-corrected chi connectivity index (χ3v) is 3.76. The lowest BCUT2D eigenvalue weighted by atomic mass is 10.1. The number of hydrogen-bond donors (Lipinski definition) is 2. The van der Waals surface area contributed by atoms with E-state index < -0.39 is 5.91 Å². The molecule has 2 amide bonds. The molecule has 1 aliphatic heterocycles. The predicted molar refractivity (Wildman–Crippen MR) is 83.1 cm³/mol. The van der Waals surface area contributed by atoms with Crippen LogP contribution in [0.2, 0.25) is 0 Å². The van der Waals surface area contributed by atoms with Gasteiger partial charge in [0.1, 0.15) is 6.26 Å². The lowest BCUT2D eigenvalue weighted by molar-refractivity contribution is 0.0996. The predicted octanol–water partition coefficient (Wildman–Crippen LogP) is 2.23. The van der Waals surface area contributed by atoms with Gasteiger partial charge in [0.05, 0.1) is 23.2 Å². The van der Waals surface area contributed by atoms with Crippen LogP contribution in [0.25, 0.3) is 0 Å². The third kappa shape index (κ3) is 2.81. The number of nitrogens with zero attached hydrogens (tertiary/aromatic N) is 1. The maximum absolute atomic E-state index is 12.2. The van der Waals surface area contributed by atoms with Crippen LogP contribution in [0.1, 0.15) is 33.6 Å². The first kappa shape index (κ1) is 14.2. The Bertz CT molecular complexity index is 689. The summed E-state index contributed by atoms with van der Waals surface area (Å²) in [5.74, 6) is -0.803. The molecule has 0 unspecified atom stereocenters. The summed E-state index contributed by atoms with van der Waals surface area (Å²) in [7, 11) is 0. The van der Waals surface area contributed by atoms with Gasteiger partial charge in [-0.1, -0.05) is 0 Å². The van der Waals surface area contributed by atoms with Crippen LogP contribution in [0, 0.1) is 0 Å². The summed E-state index contributed by atoms with van der Waals surface area (Å²) in [6.07, 6.45) is 5.05. The van der Waals surface area contributed by atoms with Crippen molar-refractivity contribution in [2.24, 2.45) is 5.73 Å². The van der Waals surface area contributed by atoms with Gasteiger partial charge in [-0.3, -0.25) is 9.59 Å². The average molecular weight is 299 g/mol. The van der Waals surface area contributed by atoms with Crippen LogP contribution in [-0.2, 0) is 0 Å². The van der Waals surface area contributed by atoms with Crippen molar-refractivity contribution in [3.8, 4) is 0 Å². The van der Waals surface area contributed by atoms with Crippen LogP contribution in [-0.4, -0.2) is 24.9 Å². The fourth-order valence-electron chi connectivity index (χ4n) is 2.61. The second-order valence-electron chi connectivity index (χ2n) is 5.26. The molecular formula is C16H17N3O3. The van der Waals surface area contributed by atoms with Gasteiger partial charge in [0.15, 0.2) is 0 Å². The van der Waals surface area contributed by atoms with E-state index in [2.05, 4.69) is 10.2 Å². The Morgan fingerprint density at radius 2 is 1.91 bits per heavy atom. The number of furan rings is 1. The number of anilines is 2. The van der Waals surface area contributed by atoms with Gasteiger partial charge >= 0.3 is 0 Å². The normalized spacial score (nSPS) is 14.1. The Balaban J connectivity index is 1.93. The summed E-state index contributed by atoms with van der Waals surface area (Å²) in [6.45, 7) is 1.87. The molecule has 0 saturated carbocycles. The molecule has 2 heterocycles. The van der Waals surface area contributed by atoms with E-state index in [4.69, 9.17) is 10.2 Å². The lowest BCUT2D eigenvalue weighted by Gasteiger charge is -2.22. The monoisotopic (exact) mass is 299 g/mol. The van der Waals surface area contributed by atoms with Crippen molar-refractivity contribution in [2.75, 3.05) is 23.3 Å². The second kappa shape index (κ2) is 5.93. The molecule has 0 atom stereocenters. The summed E-state index contributed by atoms with van der Waals surface area (Å²) in [5, 5.41) is 2.84. The number of benzene rings is 1. The van der Waals surface area contributed by atoms with E-state index in [9.17, 15) is 9.59 Å². The molecule has 6 heteroatoms. The number of primary amides is 1. The quantitative estimate of drug-likeness (QED) is 0.906. The zero-order chi connectivity index (χ0) is 15.5. The first-order chi connectivity index (χ1) is 10.6. The highest BCUT2D eigenvalue weighted by molar-refractivity contribution is 6.06. The Morgan fingerprint density at radius 1 is 1.14 bits per heavy atom. The van der Waals surface area contributed by atoms with Crippen molar-refractivity contribution >= 4 is 23.2 Å². The second-order valence-corrected chi connectivity index (χ2v) is 5.26. The molecule has 22 heavy (non-hydrogen) atoms. The van der Waals surface area contributed by atoms with Crippen molar-refractivity contribution in [1.29, 1.82) is 0 Å². The highest BCUT2D eigenvalue weighted by atomic mass is 16.3. The molecule has 114 valence electrons. The van der Waals surface area contributed by atoms with E-state index in [1.165, 1.54) is 12.5 Å². The fourth-order valence-corrected chi connectivity index (χ4v) is 2.61. The minimum absolute atomic E-state index is 0.282. The van der Waals surface area contributed by atoms with Crippen molar-refractivity contribution in [1.82, 2.24) is 0 Å². The van der Waals surface area contributed by atoms with E-state index >= 15 is 0 Å². The first-order valence-corrected chi connectivity index (χ1v) is 7.17. The molecule has 1 saturated heterocycles. The third-order valence-electron chi connectivity index (χ3n) is 3.76. The van der Waals surface area contributed by atoms with Gasteiger partial charge in [0.2, 0.25) is 5.91 Å². The number of nitrogens with one attached hydrogen (secondary N) is 1. The Hall–Kier alpha value is -2.76. The largest absolute Gasteiger partial charge is 0.472 e. The van der Waals surface area contributed by atoms with Gasteiger partial charge in [-0.25, -0.2) is 0 Å². The highest BCUT2D eigenvalue weighted by Gasteiger charge is 2.19. The Kier molecular flexibility index (Phi) is 3.82. The maximum atomic E-state index is 12.2. The van der Waals surface area contributed by atoms with Crippen molar-refractivity contribution in [3.05, 3.63) is 47.9 Å². The lowest BCUT2D eigenvalue weighted by Crippen LogP contribution is -2.22. The van der Waals surface area contributed by atoms with Crippen molar-refractivity contribution in [2.45, 2.75) is 12.8 Å². The molecule has 3 rings (SSSR count). The van der Waals surface area contributed by atoms with Crippen LogP contribution in [0.4, 0.5) is 11.4 Å². The molecule has 1 aromatic heterocycles. The molecule has 3 N–H and O–H groups in total. The number of nitrogens with two attached hydrogens (primary N) is 1. The number of hydrogen-bond acceptors (Lipinski definition) is 4. The average Bonchev–Trinajstić information content (AvgIpc) is 3.20. The SMILES string of the molecule is NC(=O)c1ccc(N2CCCC2)c(NC(=O)c2ccoc2)c1. The van der Waals surface area contributed by atoms with Crippen LogP contribution in [0.15, 0.2) is 41.2 Å². The number of amides is 2. The summed E-state index contributed by atoms with van der Waals surface area (Å²) >= 11 is 0. The molecule has 1 fully saturated rings. The number of rotatable bonds is 4. The van der Waals surface area contributed by atoms with Gasteiger partial charge in [0, 0.05) is 18.7 Å². The van der Waals surface area contributed by atoms with Gasteiger partial charge in [-0.15, -0.1) is 0 Å². The first-order valence-electron chi connectivity index (χ1n) is 7.17. The van der Waals surface area contributed by atoms with Crippen molar-refractivity contribution < 1.29 is 14.0 Å². The zero-order valence-corrected chi connectivity index (χ0v) is 12.0. The molecule has 1 aromatic carbocycles. The number of carbonyl (C=O) groups excluding carboxylic acids is 2. The van der Waals surface area contributed by atoms with Crippen molar-refractivity contribution in [3.63, 3.8) is 0 Å². The minimum atomic E-state index is -0.521. The maximum Gasteiger partial charge on any atom is 0.258 e. The molecular weight excluding hydrogens is 282 g/mol. The highest BCUT2D eigenvalue weighted by Crippen LogP contribution is 2.30. The van der Waals surface area contributed by atoms with Gasteiger partial charge in [-0.05, 0) is 37.1 Å². The zero-order valence-electron chi connectivity index (χ0n) is 12.0. The molecule has 0 aliphatic carbocycles. The summed E-state index contributed by atoms with van der Waals surface area (Å²) < 4.78 is 4.92. The molecule has 0 spiro atoms. The van der Waals surface area contributed by atoms with Gasteiger partial charge in [0.25, 0.3) is 5.91 Å². The van der Waals surface area contributed by atoms with Crippen LogP contribution >= 0.6 is 0 Å². The standard InChI is InChI=1S/C16H17N3O3/c17-15(20)11-3-4-14(19-6-1-2-7-19)13(9-11)18-16(21)12-5-8-22-10-12/h3-5,8-10H,1-2,6-7H2,(H2,17,20)(H,18,21). The summed E-state index contributed by atoms with van der Waals surface area (Å²) in [5.41, 5.74) is 7.61. The molecule has 0 radical (unpaired) electrons. The smallest absolute Gasteiger partial charge is 0.258 e. The fraction of sp³-hybridized carbons (Fsp3) is 0.250. The molecule has 0 bridgehead atoms. The van der Waals surface area contributed by atoms with Crippen LogP contribution in [0.3, 0.4) is 0 Å². The van der Waals surface area contributed by atoms with E-state index in [1.54, 1.807) is 18.2 Å². The van der Waals surface area contributed by atoms with E-state index in [0.29, 0.717) is 16.8 Å². The van der Waals surface area contributed by atoms with E-state index in [-0.39, 0.29) is 5.91 Å².